The number of nitrogens with zero attached hydrogens (tertiary/aromatic N) is 3. The molecule has 21 heavy (non-hydrogen) atoms. The molecule has 1 aromatic carbocycles. The van der Waals surface area contributed by atoms with E-state index in [2.05, 4.69) is 9.88 Å². The van der Waals surface area contributed by atoms with Crippen molar-refractivity contribution in [1.29, 1.82) is 0 Å². The summed E-state index contributed by atoms with van der Waals surface area (Å²) in [7, 11) is 6.04. The number of carboxylic acids is 1. The molecule has 0 spiro atoms. The van der Waals surface area contributed by atoms with E-state index in [0.717, 1.165) is 36.1 Å². The Labute approximate surface area is 124 Å². The van der Waals surface area contributed by atoms with Gasteiger partial charge in [0.2, 0.25) is 0 Å². The summed E-state index contributed by atoms with van der Waals surface area (Å²) in [5.74, 6) is -0.270. The molecule has 1 N–H and O–H groups in total. The molecule has 0 unspecified atom stereocenters. The molecule has 0 saturated carbocycles. The molecule has 0 amide bonds. The topological polar surface area (TPSA) is 56.7 Å². The van der Waals surface area contributed by atoms with Crippen molar-refractivity contribution >= 4 is 22.6 Å². The number of hydrogen-bond donors (Lipinski definition) is 1. The standard InChI is InChI=1S/C16H21N3O2/c1-18(2)9-6-10-19(3)15-13-8-5-4-7-12(13)11-14(17-15)16(20)21/h4-5,7-8,11H,6,9-10H2,1-3H3,(H,20,21). The van der Waals surface area contributed by atoms with Crippen LogP contribution in [-0.2, 0) is 0 Å². The van der Waals surface area contributed by atoms with Crippen LogP contribution < -0.4 is 4.90 Å². The zero-order valence-corrected chi connectivity index (χ0v) is 12.7. The first-order valence-corrected chi connectivity index (χ1v) is 6.98. The maximum atomic E-state index is 11.2. The molecule has 1 aromatic heterocycles. The number of rotatable bonds is 6. The van der Waals surface area contributed by atoms with E-state index in [4.69, 9.17) is 0 Å². The minimum Gasteiger partial charge on any atom is -0.477 e. The minimum absolute atomic E-state index is 0.0863. The Morgan fingerprint density at radius 2 is 1.90 bits per heavy atom. The van der Waals surface area contributed by atoms with Gasteiger partial charge in [-0.3, -0.25) is 0 Å². The van der Waals surface area contributed by atoms with Crippen LogP contribution in [0.1, 0.15) is 16.9 Å². The van der Waals surface area contributed by atoms with Gasteiger partial charge in [0.25, 0.3) is 0 Å². The number of aromatic carboxylic acids is 1. The second kappa shape index (κ2) is 6.54. The van der Waals surface area contributed by atoms with Crippen LogP contribution in [0.15, 0.2) is 30.3 Å². The highest BCUT2D eigenvalue weighted by Crippen LogP contribution is 2.25. The Bertz CT molecular complexity index is 640. The van der Waals surface area contributed by atoms with Crippen molar-refractivity contribution in [2.75, 3.05) is 39.1 Å². The number of anilines is 1. The van der Waals surface area contributed by atoms with Gasteiger partial charge in [-0.25, -0.2) is 9.78 Å². The first-order valence-electron chi connectivity index (χ1n) is 6.98. The maximum absolute atomic E-state index is 11.2. The molecule has 0 fully saturated rings. The maximum Gasteiger partial charge on any atom is 0.354 e. The van der Waals surface area contributed by atoms with Crippen LogP contribution in [0.5, 0.6) is 0 Å². The van der Waals surface area contributed by atoms with Crippen LogP contribution in [0.4, 0.5) is 5.82 Å². The number of hydrogen-bond acceptors (Lipinski definition) is 4. The molecule has 2 rings (SSSR count). The number of aromatic nitrogens is 1. The van der Waals surface area contributed by atoms with E-state index in [1.54, 1.807) is 6.07 Å². The lowest BCUT2D eigenvalue weighted by molar-refractivity contribution is 0.0691. The summed E-state index contributed by atoms with van der Waals surface area (Å²) in [5.41, 5.74) is 0.0863. The van der Waals surface area contributed by atoms with E-state index in [0.29, 0.717) is 0 Å². The van der Waals surface area contributed by atoms with Gasteiger partial charge >= 0.3 is 5.97 Å². The third kappa shape index (κ3) is 3.70. The molecule has 0 aliphatic carbocycles. The van der Waals surface area contributed by atoms with Crippen LogP contribution in [0.3, 0.4) is 0 Å². The Balaban J connectivity index is 2.34. The third-order valence-corrected chi connectivity index (χ3v) is 3.40. The molecule has 0 aliphatic rings. The summed E-state index contributed by atoms with van der Waals surface area (Å²) in [4.78, 5) is 19.7. The fourth-order valence-electron chi connectivity index (χ4n) is 2.31. The Hall–Kier alpha value is -2.14. The number of carboxylic acid groups (broad SMARTS) is 1. The van der Waals surface area contributed by atoms with Gasteiger partial charge in [0.15, 0.2) is 5.69 Å². The summed E-state index contributed by atoms with van der Waals surface area (Å²) >= 11 is 0. The zero-order chi connectivity index (χ0) is 15.4. The van der Waals surface area contributed by atoms with Crippen molar-refractivity contribution in [2.24, 2.45) is 0 Å². The van der Waals surface area contributed by atoms with Crippen LogP contribution in [0, 0.1) is 0 Å². The van der Waals surface area contributed by atoms with Crippen molar-refractivity contribution in [3.8, 4) is 0 Å². The van der Waals surface area contributed by atoms with Crippen molar-refractivity contribution in [2.45, 2.75) is 6.42 Å². The zero-order valence-electron chi connectivity index (χ0n) is 12.7. The van der Waals surface area contributed by atoms with Gasteiger partial charge in [0.05, 0.1) is 0 Å². The van der Waals surface area contributed by atoms with E-state index >= 15 is 0 Å². The number of benzene rings is 1. The second-order valence-corrected chi connectivity index (χ2v) is 5.44. The normalized spacial score (nSPS) is 11.0. The predicted octanol–water partition coefficient (Wildman–Crippen LogP) is 2.32. The second-order valence-electron chi connectivity index (χ2n) is 5.44. The lowest BCUT2D eigenvalue weighted by Gasteiger charge is -2.21. The van der Waals surface area contributed by atoms with Crippen LogP contribution in [-0.4, -0.2) is 55.2 Å². The number of fused-ring (bicyclic) bond motifs is 1. The fourth-order valence-corrected chi connectivity index (χ4v) is 2.31. The van der Waals surface area contributed by atoms with Crippen molar-refractivity contribution in [3.63, 3.8) is 0 Å². The first kappa shape index (κ1) is 15.3. The van der Waals surface area contributed by atoms with E-state index < -0.39 is 5.97 Å². The molecule has 0 radical (unpaired) electrons. The summed E-state index contributed by atoms with van der Waals surface area (Å²) in [6.45, 7) is 1.82. The summed E-state index contributed by atoms with van der Waals surface area (Å²) in [6, 6.07) is 9.37. The highest BCUT2D eigenvalue weighted by Gasteiger charge is 2.13. The van der Waals surface area contributed by atoms with Gasteiger partial charge in [-0.1, -0.05) is 24.3 Å². The van der Waals surface area contributed by atoms with Gasteiger partial charge in [0.1, 0.15) is 5.82 Å². The van der Waals surface area contributed by atoms with E-state index in [9.17, 15) is 9.90 Å². The molecule has 1 heterocycles. The van der Waals surface area contributed by atoms with Crippen molar-refractivity contribution in [3.05, 3.63) is 36.0 Å². The van der Waals surface area contributed by atoms with E-state index in [1.165, 1.54) is 0 Å². The van der Waals surface area contributed by atoms with Crippen molar-refractivity contribution in [1.82, 2.24) is 9.88 Å². The lowest BCUT2D eigenvalue weighted by atomic mass is 10.1. The molecule has 0 aliphatic heterocycles. The highest BCUT2D eigenvalue weighted by molar-refractivity contribution is 5.97. The largest absolute Gasteiger partial charge is 0.477 e. The molecule has 112 valence electrons. The average Bonchev–Trinajstić information content (AvgIpc) is 2.45. The summed E-state index contributed by atoms with van der Waals surface area (Å²) < 4.78 is 0. The summed E-state index contributed by atoms with van der Waals surface area (Å²) in [5, 5.41) is 11.1. The molecule has 5 heteroatoms. The Morgan fingerprint density at radius 3 is 2.57 bits per heavy atom. The van der Waals surface area contributed by atoms with Gasteiger partial charge < -0.3 is 14.9 Å². The molecule has 0 atom stereocenters. The quantitative estimate of drug-likeness (QED) is 0.883. The third-order valence-electron chi connectivity index (χ3n) is 3.40. The monoisotopic (exact) mass is 287 g/mol. The van der Waals surface area contributed by atoms with Gasteiger partial charge in [0, 0.05) is 19.0 Å². The minimum atomic E-state index is -0.997. The van der Waals surface area contributed by atoms with E-state index in [-0.39, 0.29) is 5.69 Å². The summed E-state index contributed by atoms with van der Waals surface area (Å²) in [6.07, 6.45) is 0.997. The molecule has 0 saturated heterocycles. The Morgan fingerprint density at radius 1 is 1.19 bits per heavy atom. The molecule has 5 nitrogen and oxygen atoms in total. The van der Waals surface area contributed by atoms with Crippen LogP contribution in [0.25, 0.3) is 10.8 Å². The van der Waals surface area contributed by atoms with Gasteiger partial charge in [-0.15, -0.1) is 0 Å². The SMILES string of the molecule is CN(C)CCCN(C)c1nc(C(=O)O)cc2ccccc12. The number of pyridine rings is 1. The van der Waals surface area contributed by atoms with Crippen LogP contribution >= 0.6 is 0 Å². The molecular formula is C16H21N3O2. The predicted molar refractivity (Wildman–Crippen MR) is 85.1 cm³/mol. The Kier molecular flexibility index (Phi) is 4.75. The smallest absolute Gasteiger partial charge is 0.354 e. The lowest BCUT2D eigenvalue weighted by Crippen LogP contribution is -2.24. The highest BCUT2D eigenvalue weighted by atomic mass is 16.4. The molecular weight excluding hydrogens is 266 g/mol. The van der Waals surface area contributed by atoms with Crippen LogP contribution in [0.2, 0.25) is 0 Å². The average molecular weight is 287 g/mol. The van der Waals surface area contributed by atoms with Crippen molar-refractivity contribution < 1.29 is 9.90 Å². The number of carbonyl (C=O) groups is 1. The van der Waals surface area contributed by atoms with Gasteiger partial charge in [-0.05, 0) is 38.5 Å². The fraction of sp³-hybridized carbons (Fsp3) is 0.375. The first-order chi connectivity index (χ1) is 9.99. The van der Waals surface area contributed by atoms with E-state index in [1.807, 2.05) is 50.3 Å². The van der Waals surface area contributed by atoms with Gasteiger partial charge in [-0.2, -0.15) is 0 Å². The molecule has 2 aromatic rings. The molecule has 0 bridgehead atoms.